The summed E-state index contributed by atoms with van der Waals surface area (Å²) in [6.45, 7) is 0. The third-order valence-electron chi connectivity index (χ3n) is 2.67. The summed E-state index contributed by atoms with van der Waals surface area (Å²) in [4.78, 5) is 11.1. The lowest BCUT2D eigenvalue weighted by molar-refractivity contribution is -0.256. The first-order valence-corrected chi connectivity index (χ1v) is 5.61. The van der Waals surface area contributed by atoms with E-state index >= 15 is 0 Å². The summed E-state index contributed by atoms with van der Waals surface area (Å²) in [5.74, 6) is -1.56. The highest BCUT2D eigenvalue weighted by molar-refractivity contribution is 6.31. The highest BCUT2D eigenvalue weighted by atomic mass is 35.5. The van der Waals surface area contributed by atoms with Gasteiger partial charge in [-0.3, -0.25) is 0 Å². The van der Waals surface area contributed by atoms with Gasteiger partial charge in [0.2, 0.25) is 0 Å². The number of aromatic nitrogens is 1. The number of aromatic carboxylic acids is 1. The Balaban J connectivity index is 2.41. The van der Waals surface area contributed by atoms with Crippen molar-refractivity contribution >= 4 is 28.5 Å². The van der Waals surface area contributed by atoms with Gasteiger partial charge in [-0.15, -0.1) is 0 Å². The summed E-state index contributed by atoms with van der Waals surface area (Å²) in [7, 11) is 0. The van der Waals surface area contributed by atoms with Crippen LogP contribution in [0.25, 0.3) is 16.7 Å². The number of fused-ring (bicyclic) bond motifs is 1. The minimum absolute atomic E-state index is 0.205. The van der Waals surface area contributed by atoms with Crippen molar-refractivity contribution in [3.05, 3.63) is 53.5 Å². The Kier molecular flexibility index (Phi) is 2.38. The van der Waals surface area contributed by atoms with Crippen LogP contribution in [0.5, 0.6) is 0 Å². The van der Waals surface area contributed by atoms with Gasteiger partial charge in [-0.05, 0) is 30.3 Å². The second-order valence-corrected chi connectivity index (χ2v) is 4.23. The Morgan fingerprint density at radius 3 is 2.67 bits per heavy atom. The molecule has 0 aliphatic rings. The molecule has 2 heterocycles. The summed E-state index contributed by atoms with van der Waals surface area (Å²) in [6, 6.07) is 8.54. The number of rotatable bonds is 2. The molecule has 18 heavy (non-hydrogen) atoms. The largest absolute Gasteiger partial charge is 0.541 e. The van der Waals surface area contributed by atoms with Gasteiger partial charge in [-0.25, -0.2) is 0 Å². The molecule has 4 nitrogen and oxygen atoms in total. The van der Waals surface area contributed by atoms with Crippen LogP contribution in [0.2, 0.25) is 5.02 Å². The normalized spacial score (nSPS) is 10.9. The molecule has 0 N–H and O–H groups in total. The maximum Gasteiger partial charge on any atom is 0.174 e. The molecule has 0 saturated carbocycles. The average Bonchev–Trinajstić information content (AvgIpc) is 2.93. The maximum absolute atomic E-state index is 11.1. The summed E-state index contributed by atoms with van der Waals surface area (Å²) in [5, 5.41) is 12.3. The zero-order valence-corrected chi connectivity index (χ0v) is 9.85. The van der Waals surface area contributed by atoms with Crippen LogP contribution in [0.15, 0.2) is 47.1 Å². The monoisotopic (exact) mass is 260 g/mol. The van der Waals surface area contributed by atoms with Crippen LogP contribution in [-0.4, -0.2) is 10.5 Å². The molecule has 1 aromatic carbocycles. The van der Waals surface area contributed by atoms with Gasteiger partial charge in [0, 0.05) is 22.8 Å². The Morgan fingerprint density at radius 1 is 1.28 bits per heavy atom. The van der Waals surface area contributed by atoms with E-state index in [0.29, 0.717) is 21.7 Å². The van der Waals surface area contributed by atoms with Crippen LogP contribution < -0.4 is 5.11 Å². The number of carboxylic acid groups (broad SMARTS) is 1. The molecule has 0 bridgehead atoms. The van der Waals surface area contributed by atoms with Gasteiger partial charge in [0.25, 0.3) is 0 Å². The number of furan rings is 1. The van der Waals surface area contributed by atoms with Crippen LogP contribution in [-0.2, 0) is 0 Å². The van der Waals surface area contributed by atoms with E-state index in [9.17, 15) is 9.90 Å². The number of halogens is 1. The summed E-state index contributed by atoms with van der Waals surface area (Å²) in [6.07, 6.45) is 3.47. The first kappa shape index (κ1) is 10.9. The zero-order valence-electron chi connectivity index (χ0n) is 9.09. The van der Waals surface area contributed by atoms with Crippen molar-refractivity contribution in [3.8, 4) is 5.69 Å². The third-order valence-corrected chi connectivity index (χ3v) is 2.91. The topological polar surface area (TPSA) is 58.2 Å². The molecule has 5 heteroatoms. The molecule has 0 saturated heterocycles. The molecule has 0 amide bonds. The zero-order chi connectivity index (χ0) is 12.7. The predicted octanol–water partition coefficient (Wildman–Crippen LogP) is 2.24. The van der Waals surface area contributed by atoms with E-state index in [-0.39, 0.29) is 5.76 Å². The number of nitrogens with zero attached hydrogens (tertiary/aromatic N) is 1. The van der Waals surface area contributed by atoms with Crippen LogP contribution in [0, 0.1) is 0 Å². The summed E-state index contributed by atoms with van der Waals surface area (Å²) in [5.41, 5.74) is 0.889. The molecule has 3 rings (SSSR count). The van der Waals surface area contributed by atoms with Crippen molar-refractivity contribution in [2.75, 3.05) is 0 Å². The maximum atomic E-state index is 11.1. The van der Waals surface area contributed by atoms with Crippen molar-refractivity contribution in [1.29, 1.82) is 0 Å². The van der Waals surface area contributed by atoms with Crippen LogP contribution in [0.4, 0.5) is 0 Å². The van der Waals surface area contributed by atoms with E-state index < -0.39 is 5.97 Å². The van der Waals surface area contributed by atoms with E-state index in [0.717, 1.165) is 0 Å². The Morgan fingerprint density at radius 2 is 2.00 bits per heavy atom. The van der Waals surface area contributed by atoms with Crippen molar-refractivity contribution in [1.82, 2.24) is 4.57 Å². The van der Waals surface area contributed by atoms with Gasteiger partial charge in [-0.2, -0.15) is 0 Å². The summed E-state index contributed by atoms with van der Waals surface area (Å²) >= 11 is 5.93. The Hall–Kier alpha value is -2.20. The molecule has 0 unspecified atom stereocenters. The molecule has 0 radical (unpaired) electrons. The highest BCUT2D eigenvalue weighted by Gasteiger charge is 2.16. The van der Waals surface area contributed by atoms with Crippen LogP contribution >= 0.6 is 11.6 Å². The molecule has 0 fully saturated rings. The molecule has 90 valence electrons. The van der Waals surface area contributed by atoms with E-state index in [1.807, 2.05) is 0 Å². The van der Waals surface area contributed by atoms with Gasteiger partial charge in [0.1, 0.15) is 17.2 Å². The lowest BCUT2D eigenvalue weighted by Gasteiger charge is -2.04. The van der Waals surface area contributed by atoms with E-state index in [1.165, 1.54) is 0 Å². The minimum atomic E-state index is -1.36. The molecule has 0 spiro atoms. The highest BCUT2D eigenvalue weighted by Crippen LogP contribution is 2.31. The van der Waals surface area contributed by atoms with Gasteiger partial charge in [-0.1, -0.05) is 11.6 Å². The number of benzene rings is 1. The fraction of sp³-hybridized carbons (Fsp3) is 0. The minimum Gasteiger partial charge on any atom is -0.541 e. The quantitative estimate of drug-likeness (QED) is 0.710. The fourth-order valence-electron chi connectivity index (χ4n) is 1.94. The third kappa shape index (κ3) is 1.58. The first-order chi connectivity index (χ1) is 8.66. The second-order valence-electron chi connectivity index (χ2n) is 3.80. The lowest BCUT2D eigenvalue weighted by atomic mass is 10.2. The van der Waals surface area contributed by atoms with E-state index in [4.69, 9.17) is 16.0 Å². The second kappa shape index (κ2) is 3.92. The van der Waals surface area contributed by atoms with Crippen LogP contribution in [0.1, 0.15) is 10.6 Å². The SMILES string of the molecule is O=C([O-])c1oc2ccc(Cl)cc2c1-n1cccc1. The van der Waals surface area contributed by atoms with Gasteiger partial charge in [0.15, 0.2) is 5.76 Å². The molecule has 3 aromatic rings. The van der Waals surface area contributed by atoms with Gasteiger partial charge >= 0.3 is 0 Å². The molecule has 0 atom stereocenters. The lowest BCUT2D eigenvalue weighted by Crippen LogP contribution is -2.23. The summed E-state index contributed by atoms with van der Waals surface area (Å²) < 4.78 is 6.96. The smallest absolute Gasteiger partial charge is 0.174 e. The van der Waals surface area contributed by atoms with Crippen molar-refractivity contribution in [3.63, 3.8) is 0 Å². The number of carbonyl (C=O) groups excluding carboxylic acids is 1. The van der Waals surface area contributed by atoms with Crippen LogP contribution in [0.3, 0.4) is 0 Å². The Bertz CT molecular complexity index is 728. The van der Waals surface area contributed by atoms with Crippen molar-refractivity contribution in [2.24, 2.45) is 0 Å². The number of hydrogen-bond acceptors (Lipinski definition) is 3. The number of hydrogen-bond donors (Lipinski definition) is 0. The molecular formula is C13H7ClNO3-. The first-order valence-electron chi connectivity index (χ1n) is 5.23. The number of carbonyl (C=O) groups is 1. The van der Waals surface area contributed by atoms with Gasteiger partial charge < -0.3 is 18.9 Å². The number of carboxylic acids is 1. The molecular weight excluding hydrogens is 254 g/mol. The van der Waals surface area contributed by atoms with E-state index in [1.54, 1.807) is 47.3 Å². The van der Waals surface area contributed by atoms with E-state index in [2.05, 4.69) is 0 Å². The fourth-order valence-corrected chi connectivity index (χ4v) is 2.11. The van der Waals surface area contributed by atoms with Crippen molar-refractivity contribution < 1.29 is 14.3 Å². The average molecular weight is 261 g/mol. The Labute approximate surface area is 107 Å². The van der Waals surface area contributed by atoms with Gasteiger partial charge in [0.05, 0.1) is 0 Å². The molecule has 2 aromatic heterocycles. The molecule has 0 aliphatic carbocycles. The predicted molar refractivity (Wildman–Crippen MR) is 64.9 cm³/mol. The standard InChI is InChI=1S/C13H8ClNO3/c14-8-3-4-10-9(7-8)11(12(18-10)13(16)17)15-5-1-2-6-15/h1-7H,(H,16,17)/p-1. The molecule has 0 aliphatic heterocycles. The van der Waals surface area contributed by atoms with Crippen molar-refractivity contribution in [2.45, 2.75) is 0 Å².